The Morgan fingerprint density at radius 3 is 2.92 bits per heavy atom. The first kappa shape index (κ1) is 16.2. The van der Waals surface area contributed by atoms with Gasteiger partial charge in [-0.3, -0.25) is 14.2 Å². The monoisotopic (exact) mass is 331 g/mol. The molecule has 0 bridgehead atoms. The Bertz CT molecular complexity index is 887. The Kier molecular flexibility index (Phi) is 4.33. The first-order valence-corrected chi connectivity index (χ1v) is 7.81. The number of nitrogens with zero attached hydrogens (tertiary/aromatic N) is 2. The molecule has 7 heteroatoms. The Balaban J connectivity index is 1.85. The molecule has 0 radical (unpaired) electrons. The summed E-state index contributed by atoms with van der Waals surface area (Å²) < 4.78 is 14.2. The third-order valence-corrected chi connectivity index (χ3v) is 4.41. The Morgan fingerprint density at radius 1 is 1.38 bits per heavy atom. The number of aromatic nitrogens is 2. The molecule has 1 N–H and O–H groups in total. The molecule has 2 heterocycles. The zero-order valence-electron chi connectivity index (χ0n) is 13.3. The molecule has 1 aliphatic heterocycles. The number of amides is 1. The van der Waals surface area contributed by atoms with Gasteiger partial charge in [-0.25, -0.2) is 9.18 Å². The summed E-state index contributed by atoms with van der Waals surface area (Å²) in [5.41, 5.74) is -0.410. The van der Waals surface area contributed by atoms with E-state index in [1.54, 1.807) is 11.0 Å². The fraction of sp³-hybridized carbons (Fsp3) is 0.353. The van der Waals surface area contributed by atoms with Crippen molar-refractivity contribution in [3.05, 3.63) is 68.2 Å². The third-order valence-electron chi connectivity index (χ3n) is 4.41. The molecule has 0 saturated carbocycles. The molecule has 1 aliphatic rings. The molecule has 1 unspecified atom stereocenters. The van der Waals surface area contributed by atoms with Crippen LogP contribution >= 0.6 is 0 Å². The minimum Gasteiger partial charge on any atom is -0.335 e. The molecule has 6 nitrogen and oxygen atoms in total. The molecular formula is C17H18FN3O3. The molecule has 2 aromatic rings. The van der Waals surface area contributed by atoms with Crippen LogP contribution in [-0.4, -0.2) is 32.9 Å². The minimum absolute atomic E-state index is 0.0526. The highest BCUT2D eigenvalue weighted by Gasteiger charge is 2.31. The van der Waals surface area contributed by atoms with Crippen molar-refractivity contribution in [3.63, 3.8) is 0 Å². The van der Waals surface area contributed by atoms with Crippen molar-refractivity contribution < 1.29 is 9.18 Å². The number of hydrogen-bond acceptors (Lipinski definition) is 3. The van der Waals surface area contributed by atoms with Gasteiger partial charge in [0.15, 0.2) is 0 Å². The molecule has 24 heavy (non-hydrogen) atoms. The maximum atomic E-state index is 13.3. The van der Waals surface area contributed by atoms with E-state index in [-0.39, 0.29) is 17.4 Å². The molecule has 1 amide bonds. The second kappa shape index (κ2) is 6.43. The highest BCUT2D eigenvalue weighted by molar-refractivity contribution is 5.94. The molecule has 1 aromatic carbocycles. The summed E-state index contributed by atoms with van der Waals surface area (Å²) in [6.07, 6.45) is 3.33. The topological polar surface area (TPSA) is 75.2 Å². The predicted molar refractivity (Wildman–Crippen MR) is 86.5 cm³/mol. The zero-order valence-corrected chi connectivity index (χ0v) is 13.3. The number of likely N-dealkylation sites (tertiary alicyclic amines) is 1. The fourth-order valence-corrected chi connectivity index (χ4v) is 3.12. The van der Waals surface area contributed by atoms with Crippen molar-refractivity contribution in [2.75, 3.05) is 6.54 Å². The first-order chi connectivity index (χ1) is 11.5. The van der Waals surface area contributed by atoms with Gasteiger partial charge in [0.2, 0.25) is 0 Å². The molecule has 0 aliphatic carbocycles. The van der Waals surface area contributed by atoms with Crippen LogP contribution in [0.1, 0.15) is 28.8 Å². The van der Waals surface area contributed by atoms with E-state index in [1.165, 1.54) is 25.4 Å². The van der Waals surface area contributed by atoms with Crippen molar-refractivity contribution in [3.8, 4) is 0 Å². The van der Waals surface area contributed by atoms with Gasteiger partial charge in [-0.15, -0.1) is 0 Å². The van der Waals surface area contributed by atoms with Crippen molar-refractivity contribution >= 4 is 5.91 Å². The van der Waals surface area contributed by atoms with E-state index in [4.69, 9.17) is 0 Å². The van der Waals surface area contributed by atoms with Crippen LogP contribution in [0.5, 0.6) is 0 Å². The highest BCUT2D eigenvalue weighted by Crippen LogP contribution is 2.22. The van der Waals surface area contributed by atoms with Crippen LogP contribution in [0.15, 0.2) is 40.1 Å². The molecule has 1 fully saturated rings. The van der Waals surface area contributed by atoms with Gasteiger partial charge >= 0.3 is 5.69 Å². The van der Waals surface area contributed by atoms with Crippen molar-refractivity contribution in [1.82, 2.24) is 14.5 Å². The molecular weight excluding hydrogens is 313 g/mol. The van der Waals surface area contributed by atoms with Crippen LogP contribution in [0.3, 0.4) is 0 Å². The van der Waals surface area contributed by atoms with E-state index in [0.29, 0.717) is 13.0 Å². The molecule has 126 valence electrons. The Labute approximate surface area is 137 Å². The van der Waals surface area contributed by atoms with E-state index in [2.05, 4.69) is 4.98 Å². The second-order valence-corrected chi connectivity index (χ2v) is 6.00. The number of carbonyl (C=O) groups excluding carboxylic acids is 1. The Hall–Kier alpha value is -2.70. The summed E-state index contributed by atoms with van der Waals surface area (Å²) in [6.45, 7) is 0.543. The van der Waals surface area contributed by atoms with Crippen LogP contribution < -0.4 is 11.2 Å². The lowest BCUT2D eigenvalue weighted by molar-refractivity contribution is 0.0733. The van der Waals surface area contributed by atoms with Gasteiger partial charge in [-0.2, -0.15) is 0 Å². The van der Waals surface area contributed by atoms with Crippen molar-refractivity contribution in [2.24, 2.45) is 7.05 Å². The number of H-pyrrole nitrogens is 1. The second-order valence-electron chi connectivity index (χ2n) is 6.00. The number of rotatable bonds is 3. The number of carbonyl (C=O) groups is 1. The van der Waals surface area contributed by atoms with E-state index in [0.717, 1.165) is 23.0 Å². The highest BCUT2D eigenvalue weighted by atomic mass is 19.1. The number of benzene rings is 1. The summed E-state index contributed by atoms with van der Waals surface area (Å²) in [5, 5.41) is 0. The number of hydrogen-bond donors (Lipinski definition) is 1. The van der Waals surface area contributed by atoms with E-state index >= 15 is 0 Å². The van der Waals surface area contributed by atoms with Crippen LogP contribution in [0, 0.1) is 5.82 Å². The molecule has 1 atom stereocenters. The number of nitrogens with one attached hydrogen (secondary N) is 1. The van der Waals surface area contributed by atoms with Gasteiger partial charge in [0.05, 0.1) is 0 Å². The molecule has 1 saturated heterocycles. The van der Waals surface area contributed by atoms with Crippen LogP contribution in [0.4, 0.5) is 4.39 Å². The van der Waals surface area contributed by atoms with Crippen LogP contribution in [0.25, 0.3) is 0 Å². The van der Waals surface area contributed by atoms with E-state index < -0.39 is 17.2 Å². The summed E-state index contributed by atoms with van der Waals surface area (Å²) in [6, 6.07) is 6.22. The number of aromatic amines is 1. The predicted octanol–water partition coefficient (Wildman–Crippen LogP) is 1.06. The van der Waals surface area contributed by atoms with Crippen molar-refractivity contribution in [1.29, 1.82) is 0 Å². The maximum Gasteiger partial charge on any atom is 0.328 e. The molecule has 0 spiro atoms. The van der Waals surface area contributed by atoms with E-state index in [9.17, 15) is 18.8 Å². The maximum absolute atomic E-state index is 13.3. The standard InChI is InChI=1S/C17H18FN3O3/c1-20-15(22)14(10-19-17(20)24)16(23)21-7-3-6-13(21)9-11-4-2-5-12(18)8-11/h2,4-5,8,10,13H,3,6-7,9H2,1H3,(H,19,24). The van der Waals surface area contributed by atoms with Gasteiger partial charge in [0, 0.05) is 25.8 Å². The summed E-state index contributed by atoms with van der Waals surface area (Å²) >= 11 is 0. The van der Waals surface area contributed by atoms with Crippen LogP contribution in [0.2, 0.25) is 0 Å². The summed E-state index contributed by atoms with van der Waals surface area (Å²) in [4.78, 5) is 40.3. The van der Waals surface area contributed by atoms with Gasteiger partial charge in [-0.05, 0) is 37.0 Å². The zero-order chi connectivity index (χ0) is 17.3. The Morgan fingerprint density at radius 2 is 2.17 bits per heavy atom. The van der Waals surface area contributed by atoms with Gasteiger partial charge in [0.1, 0.15) is 11.4 Å². The fourth-order valence-electron chi connectivity index (χ4n) is 3.12. The summed E-state index contributed by atoms with van der Waals surface area (Å²) in [7, 11) is 1.33. The molecule has 3 rings (SSSR count). The third kappa shape index (κ3) is 3.02. The molecule has 1 aromatic heterocycles. The van der Waals surface area contributed by atoms with Gasteiger partial charge in [-0.1, -0.05) is 12.1 Å². The summed E-state index contributed by atoms with van der Waals surface area (Å²) in [5.74, 6) is -0.705. The quantitative estimate of drug-likeness (QED) is 0.914. The lowest BCUT2D eigenvalue weighted by Crippen LogP contribution is -2.43. The minimum atomic E-state index is -0.611. The van der Waals surface area contributed by atoms with Crippen LogP contribution in [-0.2, 0) is 13.5 Å². The van der Waals surface area contributed by atoms with Crippen molar-refractivity contribution in [2.45, 2.75) is 25.3 Å². The van der Waals surface area contributed by atoms with E-state index in [1.807, 2.05) is 6.07 Å². The largest absolute Gasteiger partial charge is 0.335 e. The lowest BCUT2D eigenvalue weighted by Gasteiger charge is -2.24. The lowest BCUT2D eigenvalue weighted by atomic mass is 10.0. The van der Waals surface area contributed by atoms with Gasteiger partial charge in [0.25, 0.3) is 11.5 Å². The normalized spacial score (nSPS) is 17.2. The SMILES string of the molecule is Cn1c(=O)[nH]cc(C(=O)N2CCCC2Cc2cccc(F)c2)c1=O. The van der Waals surface area contributed by atoms with Gasteiger partial charge < -0.3 is 9.88 Å². The number of halogens is 1. The average Bonchev–Trinajstić information content (AvgIpc) is 3.00. The first-order valence-electron chi connectivity index (χ1n) is 7.81. The smallest absolute Gasteiger partial charge is 0.328 e. The average molecular weight is 331 g/mol.